The first-order chi connectivity index (χ1) is 12.9. The minimum atomic E-state index is -0.451. The Morgan fingerprint density at radius 3 is 2.26 bits per heavy atom. The van der Waals surface area contributed by atoms with Crippen molar-refractivity contribution in [2.45, 2.75) is 26.3 Å². The molecule has 0 saturated carbocycles. The summed E-state index contributed by atoms with van der Waals surface area (Å²) in [6.45, 7) is 2.81. The van der Waals surface area contributed by atoms with E-state index in [4.69, 9.17) is 4.74 Å². The van der Waals surface area contributed by atoms with Gasteiger partial charge >= 0.3 is 0 Å². The summed E-state index contributed by atoms with van der Waals surface area (Å²) in [6, 6.07) is 13.8. The highest BCUT2D eigenvalue weighted by Gasteiger charge is 2.18. The summed E-state index contributed by atoms with van der Waals surface area (Å²) >= 11 is 0. The van der Waals surface area contributed by atoms with Crippen molar-refractivity contribution in [3.63, 3.8) is 0 Å². The lowest BCUT2D eigenvalue weighted by Crippen LogP contribution is -2.29. The van der Waals surface area contributed by atoms with Gasteiger partial charge in [0.25, 0.3) is 0 Å². The molecule has 0 radical (unpaired) electrons. The molecule has 0 aliphatic carbocycles. The van der Waals surface area contributed by atoms with Crippen LogP contribution in [0.3, 0.4) is 0 Å². The zero-order valence-corrected chi connectivity index (χ0v) is 15.5. The standard InChI is InChI=1S/C20H23N3O4/c1-13(24)21-16-9-10-19(27-3)18(11-16)23-20(26)12-17(22-14(2)25)15-7-5-4-6-8-15/h4-11,17H,12H2,1-3H3,(H,21,24)(H,22,25)(H,23,26)/t17-/m0/s1. The lowest BCUT2D eigenvalue weighted by Gasteiger charge is -2.19. The van der Waals surface area contributed by atoms with Crippen molar-refractivity contribution < 1.29 is 19.1 Å². The van der Waals surface area contributed by atoms with Crippen molar-refractivity contribution in [1.82, 2.24) is 5.32 Å². The van der Waals surface area contributed by atoms with E-state index >= 15 is 0 Å². The Kier molecular flexibility index (Phi) is 6.93. The zero-order chi connectivity index (χ0) is 19.8. The highest BCUT2D eigenvalue weighted by atomic mass is 16.5. The molecule has 0 aliphatic heterocycles. The fourth-order valence-corrected chi connectivity index (χ4v) is 2.66. The highest BCUT2D eigenvalue weighted by molar-refractivity contribution is 5.95. The van der Waals surface area contributed by atoms with Crippen molar-refractivity contribution in [3.8, 4) is 5.75 Å². The normalized spacial score (nSPS) is 11.2. The number of rotatable bonds is 7. The Hall–Kier alpha value is -3.35. The van der Waals surface area contributed by atoms with Crippen LogP contribution >= 0.6 is 0 Å². The van der Waals surface area contributed by atoms with Crippen LogP contribution in [0.2, 0.25) is 0 Å². The van der Waals surface area contributed by atoms with Gasteiger partial charge in [-0.1, -0.05) is 30.3 Å². The summed E-state index contributed by atoms with van der Waals surface area (Å²) in [5.41, 5.74) is 1.81. The van der Waals surface area contributed by atoms with E-state index in [-0.39, 0.29) is 24.1 Å². The van der Waals surface area contributed by atoms with Gasteiger partial charge in [-0.05, 0) is 23.8 Å². The van der Waals surface area contributed by atoms with Gasteiger partial charge in [-0.3, -0.25) is 14.4 Å². The number of hydrogen-bond donors (Lipinski definition) is 3. The van der Waals surface area contributed by atoms with Gasteiger partial charge in [0.15, 0.2) is 0 Å². The summed E-state index contributed by atoms with van der Waals surface area (Å²) in [5, 5.41) is 8.23. The van der Waals surface area contributed by atoms with Crippen LogP contribution in [-0.2, 0) is 14.4 Å². The summed E-state index contributed by atoms with van der Waals surface area (Å²) in [7, 11) is 1.49. The Balaban J connectivity index is 2.17. The number of carbonyl (C=O) groups excluding carboxylic acids is 3. The van der Waals surface area contributed by atoms with E-state index in [2.05, 4.69) is 16.0 Å². The van der Waals surface area contributed by atoms with E-state index in [1.54, 1.807) is 18.2 Å². The second-order valence-electron chi connectivity index (χ2n) is 6.01. The van der Waals surface area contributed by atoms with Gasteiger partial charge in [0, 0.05) is 19.5 Å². The smallest absolute Gasteiger partial charge is 0.226 e. The number of amides is 3. The highest BCUT2D eigenvalue weighted by Crippen LogP contribution is 2.28. The summed E-state index contributed by atoms with van der Waals surface area (Å²) in [4.78, 5) is 35.3. The number of benzene rings is 2. The van der Waals surface area contributed by atoms with Gasteiger partial charge in [0.2, 0.25) is 17.7 Å². The van der Waals surface area contributed by atoms with Gasteiger partial charge in [-0.25, -0.2) is 0 Å². The zero-order valence-electron chi connectivity index (χ0n) is 15.5. The second kappa shape index (κ2) is 9.38. The molecule has 2 aromatic carbocycles. The van der Waals surface area contributed by atoms with E-state index < -0.39 is 6.04 Å². The largest absolute Gasteiger partial charge is 0.495 e. The van der Waals surface area contributed by atoms with Crippen LogP contribution in [0.25, 0.3) is 0 Å². The van der Waals surface area contributed by atoms with Gasteiger partial charge in [0.1, 0.15) is 5.75 Å². The van der Waals surface area contributed by atoms with E-state index in [1.165, 1.54) is 21.0 Å². The SMILES string of the molecule is COc1ccc(NC(C)=O)cc1NC(=O)C[C@H](NC(C)=O)c1ccccc1. The Labute approximate surface area is 158 Å². The van der Waals surface area contributed by atoms with E-state index in [0.29, 0.717) is 17.1 Å². The minimum absolute atomic E-state index is 0.0527. The van der Waals surface area contributed by atoms with Crippen molar-refractivity contribution in [3.05, 3.63) is 54.1 Å². The average Bonchev–Trinajstić information content (AvgIpc) is 2.61. The summed E-state index contributed by atoms with van der Waals surface area (Å²) in [6.07, 6.45) is 0.0527. The van der Waals surface area contributed by atoms with Crippen molar-refractivity contribution >= 4 is 29.1 Å². The molecule has 0 saturated heterocycles. The van der Waals surface area contributed by atoms with E-state index in [0.717, 1.165) is 5.56 Å². The molecule has 3 amide bonds. The molecule has 27 heavy (non-hydrogen) atoms. The maximum Gasteiger partial charge on any atom is 0.226 e. The number of hydrogen-bond acceptors (Lipinski definition) is 4. The Bertz CT molecular complexity index is 821. The third-order valence-electron chi connectivity index (χ3n) is 3.76. The van der Waals surface area contributed by atoms with E-state index in [1.807, 2.05) is 30.3 Å². The molecule has 0 bridgehead atoms. The molecule has 0 heterocycles. The molecule has 0 spiro atoms. The fraction of sp³-hybridized carbons (Fsp3) is 0.250. The summed E-state index contributed by atoms with van der Waals surface area (Å²) < 4.78 is 5.26. The molecule has 142 valence electrons. The third kappa shape index (κ3) is 6.14. The van der Waals surface area contributed by atoms with Crippen LogP contribution < -0.4 is 20.7 Å². The Morgan fingerprint density at radius 2 is 1.67 bits per heavy atom. The topological polar surface area (TPSA) is 96.5 Å². The third-order valence-corrected chi connectivity index (χ3v) is 3.76. The molecular formula is C20H23N3O4. The second-order valence-corrected chi connectivity index (χ2v) is 6.01. The minimum Gasteiger partial charge on any atom is -0.495 e. The molecular weight excluding hydrogens is 346 g/mol. The predicted molar refractivity (Wildman–Crippen MR) is 104 cm³/mol. The van der Waals surface area contributed by atoms with Crippen LogP contribution in [0.5, 0.6) is 5.75 Å². The average molecular weight is 369 g/mol. The molecule has 0 aromatic heterocycles. The first-order valence-corrected chi connectivity index (χ1v) is 8.46. The van der Waals surface area contributed by atoms with Crippen LogP contribution in [0.15, 0.2) is 48.5 Å². The molecule has 0 aliphatic rings. The van der Waals surface area contributed by atoms with Crippen molar-refractivity contribution in [1.29, 1.82) is 0 Å². The number of carbonyl (C=O) groups is 3. The molecule has 0 fully saturated rings. The molecule has 3 N–H and O–H groups in total. The number of methoxy groups -OCH3 is 1. The predicted octanol–water partition coefficient (Wildman–Crippen LogP) is 2.86. The van der Waals surface area contributed by atoms with Crippen LogP contribution in [0.4, 0.5) is 11.4 Å². The first-order valence-electron chi connectivity index (χ1n) is 8.46. The Morgan fingerprint density at radius 1 is 0.963 bits per heavy atom. The quantitative estimate of drug-likeness (QED) is 0.699. The van der Waals surface area contributed by atoms with Gasteiger partial charge < -0.3 is 20.7 Å². The van der Waals surface area contributed by atoms with Gasteiger partial charge in [0.05, 0.1) is 25.3 Å². The molecule has 0 unspecified atom stereocenters. The summed E-state index contributed by atoms with van der Waals surface area (Å²) in [5.74, 6) is -0.266. The van der Waals surface area contributed by atoms with Gasteiger partial charge in [-0.15, -0.1) is 0 Å². The lowest BCUT2D eigenvalue weighted by atomic mass is 10.0. The van der Waals surface area contributed by atoms with E-state index in [9.17, 15) is 14.4 Å². The maximum atomic E-state index is 12.6. The molecule has 7 heteroatoms. The number of anilines is 2. The molecule has 2 rings (SSSR count). The van der Waals surface area contributed by atoms with Crippen LogP contribution in [0.1, 0.15) is 31.9 Å². The molecule has 7 nitrogen and oxygen atoms in total. The van der Waals surface area contributed by atoms with Crippen molar-refractivity contribution in [2.24, 2.45) is 0 Å². The van der Waals surface area contributed by atoms with Crippen LogP contribution in [-0.4, -0.2) is 24.8 Å². The van der Waals surface area contributed by atoms with Crippen molar-refractivity contribution in [2.75, 3.05) is 17.7 Å². The number of ether oxygens (including phenoxy) is 1. The molecule has 2 aromatic rings. The molecule has 1 atom stereocenters. The fourth-order valence-electron chi connectivity index (χ4n) is 2.66. The van der Waals surface area contributed by atoms with Crippen LogP contribution in [0, 0.1) is 0 Å². The monoisotopic (exact) mass is 369 g/mol. The lowest BCUT2D eigenvalue weighted by molar-refractivity contribution is -0.120. The van der Waals surface area contributed by atoms with Gasteiger partial charge in [-0.2, -0.15) is 0 Å². The number of nitrogens with one attached hydrogen (secondary N) is 3. The maximum absolute atomic E-state index is 12.6. The first kappa shape index (κ1) is 20.0.